The SMILES string of the molecule is CNS(=O)(=O)CCNc1ccc(-c2ccc(Cl)cc2)cc1-c1ccn(Cc2cc(OC(C)C)cc(C(N)=O)c2)n1. The number of carbonyl (C=O) groups excluding carboxylic acids is 1. The third-order valence-corrected chi connectivity index (χ3v) is 7.69. The molecule has 0 saturated carbocycles. The van der Waals surface area contributed by atoms with Crippen molar-refractivity contribution in [3.05, 3.63) is 89.1 Å². The maximum absolute atomic E-state index is 11.9. The van der Waals surface area contributed by atoms with Gasteiger partial charge in [0.1, 0.15) is 5.75 Å². The van der Waals surface area contributed by atoms with Crippen LogP contribution in [0.1, 0.15) is 29.8 Å². The van der Waals surface area contributed by atoms with Gasteiger partial charge in [-0.25, -0.2) is 13.1 Å². The number of rotatable bonds is 12. The highest BCUT2D eigenvalue weighted by molar-refractivity contribution is 7.89. The van der Waals surface area contributed by atoms with Crippen LogP contribution in [0.4, 0.5) is 5.69 Å². The number of carbonyl (C=O) groups is 1. The summed E-state index contributed by atoms with van der Waals surface area (Å²) in [5.74, 6) is -0.0493. The molecule has 1 amide bonds. The van der Waals surface area contributed by atoms with Crippen LogP contribution < -0.4 is 20.5 Å². The first kappa shape index (κ1) is 29.1. The normalized spacial score (nSPS) is 11.5. The molecule has 0 aliphatic heterocycles. The van der Waals surface area contributed by atoms with E-state index < -0.39 is 15.9 Å². The molecule has 0 saturated heterocycles. The Morgan fingerprint density at radius 2 is 1.77 bits per heavy atom. The first-order valence-electron chi connectivity index (χ1n) is 12.7. The molecular weight excluding hydrogens is 550 g/mol. The van der Waals surface area contributed by atoms with Crippen LogP contribution in [0.15, 0.2) is 72.9 Å². The van der Waals surface area contributed by atoms with Crippen LogP contribution in [-0.4, -0.2) is 49.6 Å². The quantitative estimate of drug-likeness (QED) is 0.221. The van der Waals surface area contributed by atoms with Gasteiger partial charge in [-0.1, -0.05) is 29.8 Å². The molecule has 0 bridgehead atoms. The summed E-state index contributed by atoms with van der Waals surface area (Å²) >= 11 is 6.08. The van der Waals surface area contributed by atoms with Gasteiger partial charge < -0.3 is 15.8 Å². The Bertz CT molecular complexity index is 1600. The second-order valence-corrected chi connectivity index (χ2v) is 12.0. The van der Waals surface area contributed by atoms with E-state index in [-0.39, 0.29) is 18.4 Å². The molecule has 0 spiro atoms. The molecule has 0 aliphatic rings. The summed E-state index contributed by atoms with van der Waals surface area (Å²) in [7, 11) is -1.97. The average Bonchev–Trinajstić information content (AvgIpc) is 3.37. The molecule has 0 atom stereocenters. The van der Waals surface area contributed by atoms with Crippen molar-refractivity contribution in [2.24, 2.45) is 5.73 Å². The minimum absolute atomic E-state index is 0.0609. The van der Waals surface area contributed by atoms with Crippen molar-refractivity contribution < 1.29 is 17.9 Å². The second kappa shape index (κ2) is 12.5. The number of anilines is 1. The molecular formula is C29H32ClN5O4S. The third-order valence-electron chi connectivity index (χ3n) is 6.08. The predicted molar refractivity (Wildman–Crippen MR) is 159 cm³/mol. The number of sulfonamides is 1. The molecule has 210 valence electrons. The number of hydrogen-bond acceptors (Lipinski definition) is 6. The Labute approximate surface area is 239 Å². The molecule has 0 fully saturated rings. The molecule has 40 heavy (non-hydrogen) atoms. The van der Waals surface area contributed by atoms with E-state index in [0.717, 1.165) is 27.9 Å². The van der Waals surface area contributed by atoms with Crippen LogP contribution in [0.3, 0.4) is 0 Å². The molecule has 0 radical (unpaired) electrons. The summed E-state index contributed by atoms with van der Waals surface area (Å²) in [5, 5.41) is 8.68. The monoisotopic (exact) mass is 581 g/mol. The number of nitrogens with two attached hydrogens (primary N) is 1. The van der Waals surface area contributed by atoms with Gasteiger partial charge in [-0.2, -0.15) is 5.10 Å². The lowest BCUT2D eigenvalue weighted by Gasteiger charge is -2.14. The fourth-order valence-electron chi connectivity index (χ4n) is 4.17. The van der Waals surface area contributed by atoms with Gasteiger partial charge in [0.2, 0.25) is 15.9 Å². The zero-order chi connectivity index (χ0) is 28.9. The molecule has 4 N–H and O–H groups in total. The smallest absolute Gasteiger partial charge is 0.248 e. The fraction of sp³-hybridized carbons (Fsp3) is 0.241. The highest BCUT2D eigenvalue weighted by atomic mass is 35.5. The number of nitrogens with one attached hydrogen (secondary N) is 2. The van der Waals surface area contributed by atoms with Crippen molar-refractivity contribution in [2.45, 2.75) is 26.5 Å². The highest BCUT2D eigenvalue weighted by Crippen LogP contribution is 2.33. The molecule has 1 aromatic heterocycles. The Morgan fingerprint density at radius 1 is 1.05 bits per heavy atom. The minimum Gasteiger partial charge on any atom is -0.491 e. The lowest BCUT2D eigenvalue weighted by molar-refractivity contribution is 0.0999. The highest BCUT2D eigenvalue weighted by Gasteiger charge is 2.14. The molecule has 11 heteroatoms. The second-order valence-electron chi connectivity index (χ2n) is 9.51. The number of nitrogens with zero attached hydrogens (tertiary/aromatic N) is 2. The van der Waals surface area contributed by atoms with Crippen LogP contribution in [-0.2, 0) is 16.6 Å². The average molecular weight is 582 g/mol. The largest absolute Gasteiger partial charge is 0.491 e. The number of ether oxygens (including phenoxy) is 1. The number of aromatic nitrogens is 2. The predicted octanol–water partition coefficient (Wildman–Crippen LogP) is 4.77. The zero-order valence-electron chi connectivity index (χ0n) is 22.5. The summed E-state index contributed by atoms with van der Waals surface area (Å²) in [6.45, 7) is 4.42. The first-order valence-corrected chi connectivity index (χ1v) is 14.8. The van der Waals surface area contributed by atoms with Crippen molar-refractivity contribution in [3.8, 4) is 28.1 Å². The zero-order valence-corrected chi connectivity index (χ0v) is 24.1. The molecule has 4 rings (SSSR count). The summed E-state index contributed by atoms with van der Waals surface area (Å²) in [4.78, 5) is 11.9. The fourth-order valence-corrected chi connectivity index (χ4v) is 4.87. The summed E-state index contributed by atoms with van der Waals surface area (Å²) < 4.78 is 33.7. The Kier molecular flexibility index (Phi) is 9.14. The maximum Gasteiger partial charge on any atom is 0.248 e. The number of hydrogen-bond donors (Lipinski definition) is 3. The molecule has 1 heterocycles. The van der Waals surface area contributed by atoms with Gasteiger partial charge in [0.25, 0.3) is 0 Å². The van der Waals surface area contributed by atoms with Crippen LogP contribution in [0.5, 0.6) is 5.75 Å². The van der Waals surface area contributed by atoms with Crippen LogP contribution >= 0.6 is 11.6 Å². The van der Waals surface area contributed by atoms with Crippen molar-refractivity contribution in [1.29, 1.82) is 0 Å². The Balaban J connectivity index is 1.66. The molecule has 4 aromatic rings. The number of amides is 1. The van der Waals surface area contributed by atoms with Crippen molar-refractivity contribution in [3.63, 3.8) is 0 Å². The molecule has 0 unspecified atom stereocenters. The topological polar surface area (TPSA) is 128 Å². The van der Waals surface area contributed by atoms with Crippen LogP contribution in [0.25, 0.3) is 22.4 Å². The van der Waals surface area contributed by atoms with E-state index in [1.165, 1.54) is 7.05 Å². The van der Waals surface area contributed by atoms with E-state index in [2.05, 4.69) is 10.0 Å². The van der Waals surface area contributed by atoms with Crippen LogP contribution in [0.2, 0.25) is 5.02 Å². The Hall–Kier alpha value is -3.86. The van der Waals surface area contributed by atoms with Gasteiger partial charge in [0, 0.05) is 34.6 Å². The van der Waals surface area contributed by atoms with E-state index in [1.54, 1.807) is 16.8 Å². The summed E-state index contributed by atoms with van der Waals surface area (Å²) in [6, 6.07) is 20.5. The van der Waals surface area contributed by atoms with Gasteiger partial charge in [0.05, 0.1) is 24.1 Å². The van der Waals surface area contributed by atoms with Crippen molar-refractivity contribution in [1.82, 2.24) is 14.5 Å². The minimum atomic E-state index is -3.36. The van der Waals surface area contributed by atoms with Gasteiger partial charge in [-0.05, 0) is 86.1 Å². The van der Waals surface area contributed by atoms with Crippen LogP contribution in [0, 0.1) is 0 Å². The number of primary amides is 1. The van der Waals surface area contributed by atoms with Crippen molar-refractivity contribution in [2.75, 3.05) is 24.7 Å². The van der Waals surface area contributed by atoms with Crippen molar-refractivity contribution >= 4 is 33.2 Å². The lowest BCUT2D eigenvalue weighted by Crippen LogP contribution is -2.26. The van der Waals surface area contributed by atoms with Gasteiger partial charge in [-0.15, -0.1) is 0 Å². The molecule has 3 aromatic carbocycles. The van der Waals surface area contributed by atoms with E-state index in [1.807, 2.05) is 74.6 Å². The van der Waals surface area contributed by atoms with E-state index in [9.17, 15) is 13.2 Å². The number of halogens is 1. The first-order chi connectivity index (χ1) is 19.0. The summed E-state index contributed by atoms with van der Waals surface area (Å²) in [6.07, 6.45) is 1.79. The van der Waals surface area contributed by atoms with E-state index in [4.69, 9.17) is 27.2 Å². The van der Waals surface area contributed by atoms with E-state index >= 15 is 0 Å². The molecule has 0 aliphatic carbocycles. The van der Waals surface area contributed by atoms with Gasteiger partial charge >= 0.3 is 0 Å². The van der Waals surface area contributed by atoms with Gasteiger partial charge in [-0.3, -0.25) is 9.48 Å². The van der Waals surface area contributed by atoms with E-state index in [0.29, 0.717) is 28.6 Å². The molecule has 9 nitrogen and oxygen atoms in total. The number of benzene rings is 3. The lowest BCUT2D eigenvalue weighted by atomic mass is 10.00. The maximum atomic E-state index is 11.9. The third kappa shape index (κ3) is 7.62. The Morgan fingerprint density at radius 3 is 2.45 bits per heavy atom. The summed E-state index contributed by atoms with van der Waals surface area (Å²) in [5.41, 5.74) is 10.9. The standard InChI is InChI=1S/C29H32ClN5O4S/c1-19(2)39-25-15-20(14-23(16-25)29(31)36)18-35-12-10-28(34-35)26-17-22(21-4-7-24(30)8-5-21)6-9-27(26)33-11-13-40(37,38)32-3/h4-10,12,14-17,19,32-33H,11,13,18H2,1-3H3,(H2,31,36). The van der Waals surface area contributed by atoms with Gasteiger partial charge in [0.15, 0.2) is 0 Å².